The van der Waals surface area contributed by atoms with E-state index in [1.54, 1.807) is 12.1 Å². The van der Waals surface area contributed by atoms with Crippen LogP contribution in [0.3, 0.4) is 0 Å². The van der Waals surface area contributed by atoms with Gasteiger partial charge >= 0.3 is 6.55 Å². The zero-order valence-electron chi connectivity index (χ0n) is 16.1. The number of carbonyl (C=O) groups excluding carboxylic acids is 1. The number of aromatic nitrogens is 5. The van der Waals surface area contributed by atoms with Crippen molar-refractivity contribution in [3.8, 4) is 5.69 Å². The maximum Gasteiger partial charge on any atom is 0.333 e. The third-order valence-corrected chi connectivity index (χ3v) is 5.08. The molecule has 158 valence electrons. The molecule has 31 heavy (non-hydrogen) atoms. The fraction of sp³-hybridized carbons (Fsp3) is 0.200. The number of hydrogen-bond donors (Lipinski definition) is 2. The van der Waals surface area contributed by atoms with Gasteiger partial charge in [-0.05, 0) is 30.3 Å². The van der Waals surface area contributed by atoms with E-state index in [2.05, 4.69) is 20.4 Å². The zero-order chi connectivity index (χ0) is 21.5. The first-order chi connectivity index (χ1) is 15.0. The third-order valence-electron chi connectivity index (χ3n) is 5.08. The molecule has 0 bridgehead atoms. The van der Waals surface area contributed by atoms with Gasteiger partial charge in [-0.15, -0.1) is 0 Å². The molecular formula is C20H17F2N7O2. The lowest BCUT2D eigenvalue weighted by Crippen LogP contribution is -2.15. The molecular weight excluding hydrogens is 408 g/mol. The monoisotopic (exact) mass is 425 g/mol. The van der Waals surface area contributed by atoms with E-state index in [0.29, 0.717) is 29.4 Å². The van der Waals surface area contributed by atoms with Crippen LogP contribution in [0.2, 0.25) is 0 Å². The number of amides is 1. The summed E-state index contributed by atoms with van der Waals surface area (Å²) < 4.78 is 33.3. The second-order valence-corrected chi connectivity index (χ2v) is 7.05. The Labute approximate surface area is 174 Å². The molecule has 1 aliphatic rings. The number of nitrogens with one attached hydrogen (secondary N) is 1. The number of nitrogen functional groups attached to an aromatic ring is 1. The molecule has 0 radical (unpaired) electrons. The second kappa shape index (κ2) is 7.43. The van der Waals surface area contributed by atoms with E-state index < -0.39 is 6.55 Å². The number of carbonyl (C=O) groups is 1. The van der Waals surface area contributed by atoms with Crippen molar-refractivity contribution in [2.24, 2.45) is 0 Å². The molecule has 9 nitrogen and oxygen atoms in total. The predicted octanol–water partition coefficient (Wildman–Crippen LogP) is 2.81. The lowest BCUT2D eigenvalue weighted by molar-refractivity contribution is -0.115. The highest BCUT2D eigenvalue weighted by Gasteiger charge is 2.25. The van der Waals surface area contributed by atoms with Crippen molar-refractivity contribution < 1.29 is 18.3 Å². The molecule has 5 rings (SSSR count). The van der Waals surface area contributed by atoms with Crippen molar-refractivity contribution in [2.45, 2.75) is 26.2 Å². The lowest BCUT2D eigenvalue weighted by Gasteiger charge is -2.11. The number of nitrogens with two attached hydrogens (primary N) is 1. The van der Waals surface area contributed by atoms with Gasteiger partial charge in [0.2, 0.25) is 5.91 Å². The molecule has 11 heteroatoms. The van der Waals surface area contributed by atoms with Gasteiger partial charge in [-0.1, -0.05) is 0 Å². The molecule has 3 N–H and O–H groups in total. The SMILES string of the molecule is Nc1ncnc2c3c(n(-c4ccc(NC(=O)Cc5ccn(C(F)F)n5)cc4)c12)COC3. The highest BCUT2D eigenvalue weighted by Crippen LogP contribution is 2.35. The van der Waals surface area contributed by atoms with Crippen molar-refractivity contribution in [1.82, 2.24) is 24.3 Å². The van der Waals surface area contributed by atoms with E-state index >= 15 is 0 Å². The van der Waals surface area contributed by atoms with Crippen LogP contribution in [0.5, 0.6) is 0 Å². The number of hydrogen-bond acceptors (Lipinski definition) is 6. The molecule has 0 atom stereocenters. The molecule has 0 spiro atoms. The standard InChI is InChI=1S/C20H17F2N7O2/c21-20(22)28-6-5-12(27-28)7-16(30)26-11-1-3-13(4-2-11)29-15-9-31-8-14(15)17-18(29)19(23)25-10-24-17/h1-6,10,20H,7-9H2,(H,26,30)(H2,23,24,25). The van der Waals surface area contributed by atoms with Crippen LogP contribution in [0.1, 0.15) is 23.5 Å². The fourth-order valence-corrected chi connectivity index (χ4v) is 3.72. The summed E-state index contributed by atoms with van der Waals surface area (Å²) in [4.78, 5) is 20.7. The van der Waals surface area contributed by atoms with E-state index in [4.69, 9.17) is 10.5 Å². The summed E-state index contributed by atoms with van der Waals surface area (Å²) in [5, 5.41) is 6.42. The number of nitrogens with zero attached hydrogens (tertiary/aromatic N) is 5. The Morgan fingerprint density at radius 1 is 1.19 bits per heavy atom. The maximum absolute atomic E-state index is 12.6. The van der Waals surface area contributed by atoms with Gasteiger partial charge in [-0.2, -0.15) is 13.9 Å². The summed E-state index contributed by atoms with van der Waals surface area (Å²) in [6, 6.07) is 8.57. The molecule has 0 saturated heterocycles. The Morgan fingerprint density at radius 2 is 2.00 bits per heavy atom. The van der Waals surface area contributed by atoms with Crippen molar-refractivity contribution in [1.29, 1.82) is 0 Å². The van der Waals surface area contributed by atoms with Gasteiger partial charge in [0.05, 0.1) is 31.0 Å². The highest BCUT2D eigenvalue weighted by molar-refractivity contribution is 5.93. The Hall–Kier alpha value is -3.86. The average molecular weight is 425 g/mol. The van der Waals surface area contributed by atoms with Crippen LogP contribution in [0.15, 0.2) is 42.9 Å². The topological polar surface area (TPSA) is 113 Å². The van der Waals surface area contributed by atoms with Gasteiger partial charge in [-0.25, -0.2) is 14.6 Å². The smallest absolute Gasteiger partial charge is 0.333 e. The van der Waals surface area contributed by atoms with Crippen LogP contribution in [-0.4, -0.2) is 30.2 Å². The first-order valence-electron chi connectivity index (χ1n) is 9.44. The van der Waals surface area contributed by atoms with Crippen molar-refractivity contribution in [2.75, 3.05) is 11.1 Å². The molecule has 1 aliphatic heterocycles. The Balaban J connectivity index is 1.38. The summed E-state index contributed by atoms with van der Waals surface area (Å²) in [6.07, 6.45) is 2.47. The van der Waals surface area contributed by atoms with E-state index in [1.807, 2.05) is 16.7 Å². The second-order valence-electron chi connectivity index (χ2n) is 7.05. The summed E-state index contributed by atoms with van der Waals surface area (Å²) in [7, 11) is 0. The van der Waals surface area contributed by atoms with Gasteiger partial charge in [-0.3, -0.25) is 4.79 Å². The van der Waals surface area contributed by atoms with E-state index in [0.717, 1.165) is 34.2 Å². The van der Waals surface area contributed by atoms with Gasteiger partial charge in [0.25, 0.3) is 0 Å². The summed E-state index contributed by atoms with van der Waals surface area (Å²) >= 11 is 0. The maximum atomic E-state index is 12.6. The number of anilines is 2. The molecule has 0 aliphatic carbocycles. The number of alkyl halides is 2. The quantitative estimate of drug-likeness (QED) is 0.508. The minimum absolute atomic E-state index is 0.109. The van der Waals surface area contributed by atoms with Crippen LogP contribution < -0.4 is 11.1 Å². The number of ether oxygens (including phenoxy) is 1. The van der Waals surface area contributed by atoms with Gasteiger partial charge in [0.15, 0.2) is 5.82 Å². The molecule has 3 aromatic heterocycles. The van der Waals surface area contributed by atoms with Crippen molar-refractivity contribution >= 4 is 28.4 Å². The number of benzene rings is 1. The van der Waals surface area contributed by atoms with Crippen LogP contribution in [-0.2, 0) is 29.2 Å². The molecule has 4 aromatic rings. The Kier molecular flexibility index (Phi) is 4.59. The number of halogens is 2. The van der Waals surface area contributed by atoms with Gasteiger partial charge in [0, 0.05) is 23.1 Å². The minimum atomic E-state index is -2.74. The van der Waals surface area contributed by atoms with Crippen molar-refractivity contribution in [3.05, 3.63) is 59.8 Å². The molecule has 0 unspecified atom stereocenters. The Bertz CT molecular complexity index is 1280. The summed E-state index contributed by atoms with van der Waals surface area (Å²) in [5.74, 6) is 0.0191. The van der Waals surface area contributed by atoms with Gasteiger partial charge < -0.3 is 20.4 Å². The van der Waals surface area contributed by atoms with E-state index in [9.17, 15) is 13.6 Å². The first kappa shape index (κ1) is 19.1. The van der Waals surface area contributed by atoms with Gasteiger partial charge in [0.1, 0.15) is 17.4 Å². The fourth-order valence-electron chi connectivity index (χ4n) is 3.72. The largest absolute Gasteiger partial charge is 0.382 e. The summed E-state index contributed by atoms with van der Waals surface area (Å²) in [6.45, 7) is -1.83. The number of rotatable bonds is 5. The minimum Gasteiger partial charge on any atom is -0.382 e. The molecule has 0 fully saturated rings. The first-order valence-corrected chi connectivity index (χ1v) is 9.44. The van der Waals surface area contributed by atoms with Crippen LogP contribution in [0, 0.1) is 0 Å². The predicted molar refractivity (Wildman–Crippen MR) is 108 cm³/mol. The zero-order valence-corrected chi connectivity index (χ0v) is 16.1. The van der Waals surface area contributed by atoms with Crippen LogP contribution in [0.4, 0.5) is 20.3 Å². The molecule has 1 aromatic carbocycles. The molecule has 0 saturated carbocycles. The van der Waals surface area contributed by atoms with Crippen LogP contribution >= 0.6 is 0 Å². The molecule has 4 heterocycles. The third kappa shape index (κ3) is 3.38. The lowest BCUT2D eigenvalue weighted by atomic mass is 10.2. The van der Waals surface area contributed by atoms with E-state index in [-0.39, 0.29) is 18.0 Å². The average Bonchev–Trinajstić information content (AvgIpc) is 3.45. The molecule has 1 amide bonds. The Morgan fingerprint density at radius 3 is 2.74 bits per heavy atom. The number of fused-ring (bicyclic) bond motifs is 3. The normalized spacial score (nSPS) is 13.1. The highest BCUT2D eigenvalue weighted by atomic mass is 19.3. The van der Waals surface area contributed by atoms with Crippen molar-refractivity contribution in [3.63, 3.8) is 0 Å². The summed E-state index contributed by atoms with van der Waals surface area (Å²) in [5.41, 5.74) is 11.2. The van der Waals surface area contributed by atoms with Crippen LogP contribution in [0.25, 0.3) is 16.7 Å². The van der Waals surface area contributed by atoms with E-state index in [1.165, 1.54) is 12.4 Å².